The van der Waals surface area contributed by atoms with Gasteiger partial charge in [-0.05, 0) is 50.8 Å². The third-order valence-electron chi connectivity index (χ3n) is 5.24. The third-order valence-corrected chi connectivity index (χ3v) is 5.96. The van der Waals surface area contributed by atoms with Crippen LogP contribution >= 0.6 is 15.9 Å². The molecule has 2 aliphatic rings. The first-order chi connectivity index (χ1) is 9.01. The lowest BCUT2D eigenvalue weighted by molar-refractivity contribution is 0.0967. The number of hydrogen-bond acceptors (Lipinski definition) is 2. The van der Waals surface area contributed by atoms with Gasteiger partial charge in [0.05, 0.1) is 0 Å². The first-order valence-electron chi connectivity index (χ1n) is 7.23. The van der Waals surface area contributed by atoms with Gasteiger partial charge in [-0.25, -0.2) is 0 Å². The summed E-state index contributed by atoms with van der Waals surface area (Å²) < 4.78 is 1.23. The second-order valence-corrected chi connectivity index (χ2v) is 7.38. The predicted octanol–water partition coefficient (Wildman–Crippen LogP) is 3.44. The SMILES string of the molecule is CC(c1ccccc1Br)N1CC2CNCC2C1(C)C. The standard InChI is InChI=1S/C16H23BrN2/c1-11(13-6-4-5-7-15(13)17)19-10-12-8-18-9-14(12)16(19,2)3/h4-7,11-12,14,18H,8-10H2,1-3H3. The molecule has 2 saturated heterocycles. The average molecular weight is 323 g/mol. The fourth-order valence-corrected chi connectivity index (χ4v) is 4.71. The highest BCUT2D eigenvalue weighted by Crippen LogP contribution is 2.45. The topological polar surface area (TPSA) is 15.3 Å². The molecule has 3 atom stereocenters. The summed E-state index contributed by atoms with van der Waals surface area (Å²) in [6, 6.07) is 9.10. The Bertz CT molecular complexity index is 472. The molecule has 1 aromatic carbocycles. The molecule has 2 nitrogen and oxygen atoms in total. The number of benzene rings is 1. The molecule has 0 spiro atoms. The number of nitrogens with one attached hydrogen (secondary N) is 1. The van der Waals surface area contributed by atoms with Crippen LogP contribution in [0.3, 0.4) is 0 Å². The van der Waals surface area contributed by atoms with E-state index in [9.17, 15) is 0 Å². The molecule has 2 aliphatic heterocycles. The van der Waals surface area contributed by atoms with E-state index in [-0.39, 0.29) is 5.54 Å². The first kappa shape index (κ1) is 13.6. The first-order valence-corrected chi connectivity index (χ1v) is 8.03. The van der Waals surface area contributed by atoms with E-state index in [4.69, 9.17) is 0 Å². The van der Waals surface area contributed by atoms with Crippen molar-refractivity contribution in [2.75, 3.05) is 19.6 Å². The van der Waals surface area contributed by atoms with Crippen LogP contribution in [0, 0.1) is 11.8 Å². The van der Waals surface area contributed by atoms with E-state index in [1.54, 1.807) is 0 Å². The van der Waals surface area contributed by atoms with Gasteiger partial charge < -0.3 is 5.32 Å². The maximum Gasteiger partial charge on any atom is 0.0336 e. The number of rotatable bonds is 2. The van der Waals surface area contributed by atoms with Crippen LogP contribution in [0.2, 0.25) is 0 Å². The average Bonchev–Trinajstić information content (AvgIpc) is 2.92. The highest BCUT2D eigenvalue weighted by Gasteiger charge is 2.50. The summed E-state index contributed by atoms with van der Waals surface area (Å²) in [5, 5.41) is 3.55. The molecule has 3 rings (SSSR count). The van der Waals surface area contributed by atoms with Gasteiger partial charge >= 0.3 is 0 Å². The molecule has 3 heteroatoms. The van der Waals surface area contributed by atoms with Crippen molar-refractivity contribution in [1.82, 2.24) is 10.2 Å². The zero-order valence-electron chi connectivity index (χ0n) is 12.0. The maximum absolute atomic E-state index is 3.70. The fraction of sp³-hybridized carbons (Fsp3) is 0.625. The lowest BCUT2D eigenvalue weighted by Gasteiger charge is -2.40. The molecule has 3 unspecified atom stereocenters. The smallest absolute Gasteiger partial charge is 0.0336 e. The summed E-state index contributed by atoms with van der Waals surface area (Å²) in [5.74, 6) is 1.61. The van der Waals surface area contributed by atoms with Crippen LogP contribution in [0.4, 0.5) is 0 Å². The Morgan fingerprint density at radius 2 is 2.05 bits per heavy atom. The van der Waals surface area contributed by atoms with Gasteiger partial charge in [-0.1, -0.05) is 34.1 Å². The normalized spacial score (nSPS) is 31.4. The summed E-state index contributed by atoms with van der Waals surface area (Å²) in [7, 11) is 0. The van der Waals surface area contributed by atoms with Crippen LogP contribution in [0.5, 0.6) is 0 Å². The van der Waals surface area contributed by atoms with Crippen molar-refractivity contribution in [2.24, 2.45) is 11.8 Å². The quantitative estimate of drug-likeness (QED) is 0.897. The Balaban J connectivity index is 1.89. The van der Waals surface area contributed by atoms with Crippen LogP contribution < -0.4 is 5.32 Å². The van der Waals surface area contributed by atoms with Gasteiger partial charge in [-0.15, -0.1) is 0 Å². The van der Waals surface area contributed by atoms with Gasteiger partial charge in [0.15, 0.2) is 0 Å². The van der Waals surface area contributed by atoms with Crippen molar-refractivity contribution < 1.29 is 0 Å². The van der Waals surface area contributed by atoms with Crippen LogP contribution in [0.25, 0.3) is 0 Å². The van der Waals surface area contributed by atoms with E-state index in [0.29, 0.717) is 6.04 Å². The van der Waals surface area contributed by atoms with Crippen LogP contribution in [0.15, 0.2) is 28.7 Å². The zero-order chi connectivity index (χ0) is 13.6. The van der Waals surface area contributed by atoms with Crippen LogP contribution in [-0.4, -0.2) is 30.1 Å². The molecule has 2 heterocycles. The molecule has 1 N–H and O–H groups in total. The summed E-state index contributed by atoms with van der Waals surface area (Å²) in [5.41, 5.74) is 1.69. The van der Waals surface area contributed by atoms with Crippen molar-refractivity contribution in [3.63, 3.8) is 0 Å². The van der Waals surface area contributed by atoms with Crippen molar-refractivity contribution >= 4 is 15.9 Å². The number of fused-ring (bicyclic) bond motifs is 1. The molecule has 1 aromatic rings. The number of nitrogens with zero attached hydrogens (tertiary/aromatic N) is 1. The Hall–Kier alpha value is -0.380. The molecule has 104 valence electrons. The number of likely N-dealkylation sites (tertiary alicyclic amines) is 1. The van der Waals surface area contributed by atoms with Crippen molar-refractivity contribution in [2.45, 2.75) is 32.4 Å². The van der Waals surface area contributed by atoms with E-state index in [1.807, 2.05) is 0 Å². The van der Waals surface area contributed by atoms with E-state index < -0.39 is 0 Å². The monoisotopic (exact) mass is 322 g/mol. The van der Waals surface area contributed by atoms with E-state index >= 15 is 0 Å². The maximum atomic E-state index is 3.70. The Labute approximate surface area is 124 Å². The largest absolute Gasteiger partial charge is 0.316 e. The van der Waals surface area contributed by atoms with Gasteiger partial charge in [0, 0.05) is 29.1 Å². The second kappa shape index (κ2) is 4.87. The minimum absolute atomic E-state index is 0.281. The molecule has 0 aromatic heterocycles. The van der Waals surface area contributed by atoms with Crippen molar-refractivity contribution in [3.05, 3.63) is 34.3 Å². The minimum Gasteiger partial charge on any atom is -0.316 e. The van der Waals surface area contributed by atoms with Crippen molar-refractivity contribution in [1.29, 1.82) is 0 Å². The summed E-state index contributed by atoms with van der Waals surface area (Å²) >= 11 is 3.70. The fourth-order valence-electron chi connectivity index (χ4n) is 4.09. The van der Waals surface area contributed by atoms with Crippen LogP contribution in [-0.2, 0) is 0 Å². The summed E-state index contributed by atoms with van der Waals surface area (Å²) in [4.78, 5) is 2.70. The molecule has 0 amide bonds. The number of halogens is 1. The van der Waals surface area contributed by atoms with Gasteiger partial charge in [-0.3, -0.25) is 4.90 Å². The Morgan fingerprint density at radius 1 is 1.32 bits per heavy atom. The Morgan fingerprint density at radius 3 is 2.74 bits per heavy atom. The van der Waals surface area contributed by atoms with Gasteiger partial charge in [0.1, 0.15) is 0 Å². The van der Waals surface area contributed by atoms with Gasteiger partial charge in [0.25, 0.3) is 0 Å². The molecule has 0 aliphatic carbocycles. The van der Waals surface area contributed by atoms with E-state index in [1.165, 1.54) is 29.7 Å². The van der Waals surface area contributed by atoms with Crippen molar-refractivity contribution in [3.8, 4) is 0 Å². The highest BCUT2D eigenvalue weighted by molar-refractivity contribution is 9.10. The lowest BCUT2D eigenvalue weighted by atomic mass is 9.84. The molecular weight excluding hydrogens is 300 g/mol. The molecule has 2 fully saturated rings. The number of hydrogen-bond donors (Lipinski definition) is 1. The van der Waals surface area contributed by atoms with Gasteiger partial charge in [0.2, 0.25) is 0 Å². The Kier molecular flexibility index (Phi) is 3.48. The minimum atomic E-state index is 0.281. The summed E-state index contributed by atoms with van der Waals surface area (Å²) in [6.45, 7) is 10.8. The zero-order valence-corrected chi connectivity index (χ0v) is 13.6. The van der Waals surface area contributed by atoms with E-state index in [2.05, 4.69) is 71.2 Å². The molecule has 19 heavy (non-hydrogen) atoms. The lowest BCUT2D eigenvalue weighted by Crippen LogP contribution is -2.45. The summed E-state index contributed by atoms with van der Waals surface area (Å²) in [6.07, 6.45) is 0. The molecule has 0 saturated carbocycles. The predicted molar refractivity (Wildman–Crippen MR) is 83.2 cm³/mol. The third kappa shape index (κ3) is 2.16. The van der Waals surface area contributed by atoms with Crippen LogP contribution in [0.1, 0.15) is 32.4 Å². The highest BCUT2D eigenvalue weighted by atomic mass is 79.9. The van der Waals surface area contributed by atoms with Gasteiger partial charge in [-0.2, -0.15) is 0 Å². The van der Waals surface area contributed by atoms with E-state index in [0.717, 1.165) is 11.8 Å². The second-order valence-electron chi connectivity index (χ2n) is 6.53. The molecular formula is C16H23BrN2. The molecule has 0 radical (unpaired) electrons. The molecule has 0 bridgehead atoms.